The number of hydrogen-bond donors (Lipinski definition) is 3. The Labute approximate surface area is 154 Å². The second-order valence-electron chi connectivity index (χ2n) is 6.22. The molecule has 0 saturated carbocycles. The molecule has 0 saturated heterocycles. The van der Waals surface area contributed by atoms with Gasteiger partial charge in [-0.1, -0.05) is 29.3 Å². The first-order chi connectivity index (χ1) is 10.9. The van der Waals surface area contributed by atoms with E-state index in [9.17, 15) is 8.42 Å². The Morgan fingerprint density at radius 1 is 1.33 bits per heavy atom. The number of rotatable bonds is 6. The number of nitrogens with one attached hydrogen (secondary N) is 3. The number of aliphatic imine (C=N–C) groups is 1. The van der Waals surface area contributed by atoms with E-state index in [1.165, 1.54) is 0 Å². The SMILES string of the molecule is CN=C(NCC(C)(C)NS(C)(=O)=O)NC(C)c1ccc(Cl)cc1Cl. The number of benzene rings is 1. The van der Waals surface area contributed by atoms with Crippen molar-refractivity contribution in [3.05, 3.63) is 33.8 Å². The van der Waals surface area contributed by atoms with Crippen LogP contribution in [0.2, 0.25) is 10.0 Å². The number of nitrogens with zero attached hydrogens (tertiary/aromatic N) is 1. The highest BCUT2D eigenvalue weighted by Crippen LogP contribution is 2.25. The molecule has 0 aromatic heterocycles. The standard InChI is InChI=1S/C15H24Cl2N4O2S/c1-10(12-7-6-11(16)8-13(12)17)20-14(18-4)19-9-15(2,3)21-24(5,22)23/h6-8,10,21H,9H2,1-5H3,(H2,18,19,20). The molecule has 136 valence electrons. The third kappa shape index (κ3) is 7.25. The second kappa shape index (κ2) is 8.38. The molecule has 0 aliphatic heterocycles. The Hall–Kier alpha value is -1.02. The van der Waals surface area contributed by atoms with Crippen molar-refractivity contribution in [3.63, 3.8) is 0 Å². The number of sulfonamides is 1. The molecule has 1 aromatic rings. The van der Waals surface area contributed by atoms with Gasteiger partial charge in [0.15, 0.2) is 5.96 Å². The summed E-state index contributed by atoms with van der Waals surface area (Å²) in [6.45, 7) is 5.88. The van der Waals surface area contributed by atoms with Gasteiger partial charge in [-0.15, -0.1) is 0 Å². The lowest BCUT2D eigenvalue weighted by atomic mass is 10.1. The molecule has 0 aliphatic rings. The van der Waals surface area contributed by atoms with Crippen molar-refractivity contribution in [2.45, 2.75) is 32.4 Å². The summed E-state index contributed by atoms with van der Waals surface area (Å²) in [5.74, 6) is 0.539. The van der Waals surface area contributed by atoms with Gasteiger partial charge >= 0.3 is 0 Å². The number of halogens is 2. The number of hydrogen-bond acceptors (Lipinski definition) is 3. The summed E-state index contributed by atoms with van der Waals surface area (Å²) >= 11 is 12.1. The second-order valence-corrected chi connectivity index (χ2v) is 8.81. The lowest BCUT2D eigenvalue weighted by Crippen LogP contribution is -2.53. The third-order valence-corrected chi connectivity index (χ3v) is 4.65. The van der Waals surface area contributed by atoms with E-state index in [1.807, 2.05) is 13.0 Å². The fourth-order valence-electron chi connectivity index (χ4n) is 2.17. The Bertz CT molecular complexity index is 705. The molecule has 3 N–H and O–H groups in total. The maximum absolute atomic E-state index is 11.4. The Balaban J connectivity index is 2.71. The molecule has 0 heterocycles. The van der Waals surface area contributed by atoms with Crippen molar-refractivity contribution in [3.8, 4) is 0 Å². The zero-order valence-corrected chi connectivity index (χ0v) is 16.8. The Morgan fingerprint density at radius 2 is 1.96 bits per heavy atom. The first kappa shape index (κ1) is 21.0. The predicted molar refractivity (Wildman–Crippen MR) is 101 cm³/mol. The van der Waals surface area contributed by atoms with Gasteiger partial charge in [-0.3, -0.25) is 4.99 Å². The summed E-state index contributed by atoms with van der Waals surface area (Å²) in [5.41, 5.74) is 0.226. The average molecular weight is 395 g/mol. The molecule has 0 fully saturated rings. The van der Waals surface area contributed by atoms with Crippen LogP contribution in [0.5, 0.6) is 0 Å². The van der Waals surface area contributed by atoms with Gasteiger partial charge in [0.2, 0.25) is 10.0 Å². The molecular formula is C15H24Cl2N4O2S. The Morgan fingerprint density at radius 3 is 2.46 bits per heavy atom. The van der Waals surface area contributed by atoms with Crippen LogP contribution in [-0.4, -0.2) is 39.8 Å². The van der Waals surface area contributed by atoms with Crippen molar-refractivity contribution in [1.29, 1.82) is 0 Å². The molecule has 1 atom stereocenters. The van der Waals surface area contributed by atoms with Gasteiger partial charge in [-0.05, 0) is 38.5 Å². The highest BCUT2D eigenvalue weighted by atomic mass is 35.5. The maximum atomic E-state index is 11.4. The van der Waals surface area contributed by atoms with Crippen LogP contribution >= 0.6 is 23.2 Å². The van der Waals surface area contributed by atoms with E-state index >= 15 is 0 Å². The minimum absolute atomic E-state index is 0.105. The first-order valence-electron chi connectivity index (χ1n) is 7.34. The summed E-state index contributed by atoms with van der Waals surface area (Å²) in [6, 6.07) is 5.21. The highest BCUT2D eigenvalue weighted by Gasteiger charge is 2.22. The van der Waals surface area contributed by atoms with Crippen LogP contribution in [0.3, 0.4) is 0 Å². The summed E-state index contributed by atoms with van der Waals surface area (Å²) in [7, 11) is -1.65. The summed E-state index contributed by atoms with van der Waals surface area (Å²) in [6.07, 6.45) is 1.13. The topological polar surface area (TPSA) is 82.6 Å². The molecule has 0 radical (unpaired) electrons. The van der Waals surface area contributed by atoms with Crippen LogP contribution in [0.4, 0.5) is 0 Å². The largest absolute Gasteiger partial charge is 0.355 e. The third-order valence-electron chi connectivity index (χ3n) is 3.17. The van der Waals surface area contributed by atoms with Crippen LogP contribution in [0.1, 0.15) is 32.4 Å². The zero-order chi connectivity index (χ0) is 18.5. The molecule has 6 nitrogen and oxygen atoms in total. The van der Waals surface area contributed by atoms with Crippen LogP contribution in [0, 0.1) is 0 Å². The van der Waals surface area contributed by atoms with Crippen LogP contribution in [0.15, 0.2) is 23.2 Å². The molecule has 0 amide bonds. The quantitative estimate of drug-likeness (QED) is 0.511. The van der Waals surface area contributed by atoms with Crippen molar-refractivity contribution in [2.24, 2.45) is 4.99 Å². The average Bonchev–Trinajstić information content (AvgIpc) is 2.40. The molecular weight excluding hydrogens is 371 g/mol. The summed E-state index contributed by atoms with van der Waals surface area (Å²) in [4.78, 5) is 4.15. The van der Waals surface area contributed by atoms with E-state index in [2.05, 4.69) is 20.3 Å². The fourth-order valence-corrected chi connectivity index (χ4v) is 3.82. The molecule has 1 unspecified atom stereocenters. The minimum Gasteiger partial charge on any atom is -0.355 e. The van der Waals surface area contributed by atoms with E-state index in [0.29, 0.717) is 22.5 Å². The van der Waals surface area contributed by atoms with E-state index in [0.717, 1.165) is 11.8 Å². The van der Waals surface area contributed by atoms with Crippen LogP contribution in [-0.2, 0) is 10.0 Å². The van der Waals surface area contributed by atoms with Gasteiger partial charge < -0.3 is 10.6 Å². The van der Waals surface area contributed by atoms with Gasteiger partial charge in [-0.25, -0.2) is 13.1 Å². The highest BCUT2D eigenvalue weighted by molar-refractivity contribution is 7.88. The summed E-state index contributed by atoms with van der Waals surface area (Å²) < 4.78 is 25.3. The molecule has 0 bridgehead atoms. The molecule has 24 heavy (non-hydrogen) atoms. The van der Waals surface area contributed by atoms with Crippen LogP contribution in [0.25, 0.3) is 0 Å². The molecule has 1 aromatic carbocycles. The normalized spacial score (nSPS) is 14.4. The Kier molecular flexibility index (Phi) is 7.34. The van der Waals surface area contributed by atoms with Crippen molar-refractivity contribution < 1.29 is 8.42 Å². The van der Waals surface area contributed by atoms with Crippen molar-refractivity contribution in [2.75, 3.05) is 19.8 Å². The molecule has 1 rings (SSSR count). The van der Waals surface area contributed by atoms with Crippen molar-refractivity contribution in [1.82, 2.24) is 15.4 Å². The van der Waals surface area contributed by atoms with E-state index in [4.69, 9.17) is 23.2 Å². The minimum atomic E-state index is -3.29. The van der Waals surface area contributed by atoms with E-state index in [-0.39, 0.29) is 6.04 Å². The van der Waals surface area contributed by atoms with E-state index in [1.54, 1.807) is 33.0 Å². The smallest absolute Gasteiger partial charge is 0.209 e. The van der Waals surface area contributed by atoms with Crippen LogP contribution < -0.4 is 15.4 Å². The number of guanidine groups is 1. The maximum Gasteiger partial charge on any atom is 0.209 e. The van der Waals surface area contributed by atoms with Crippen molar-refractivity contribution >= 4 is 39.2 Å². The first-order valence-corrected chi connectivity index (χ1v) is 9.99. The molecule has 0 aliphatic carbocycles. The van der Waals surface area contributed by atoms with Gasteiger partial charge in [0.25, 0.3) is 0 Å². The molecule has 0 spiro atoms. The lowest BCUT2D eigenvalue weighted by molar-refractivity contribution is 0.445. The fraction of sp³-hybridized carbons (Fsp3) is 0.533. The lowest BCUT2D eigenvalue weighted by Gasteiger charge is -2.27. The van der Waals surface area contributed by atoms with Gasteiger partial charge in [0.05, 0.1) is 12.3 Å². The van der Waals surface area contributed by atoms with Gasteiger partial charge in [0, 0.05) is 29.2 Å². The van der Waals surface area contributed by atoms with Gasteiger partial charge in [-0.2, -0.15) is 0 Å². The monoisotopic (exact) mass is 394 g/mol. The summed E-state index contributed by atoms with van der Waals surface area (Å²) in [5, 5.41) is 7.46. The zero-order valence-electron chi connectivity index (χ0n) is 14.4. The van der Waals surface area contributed by atoms with E-state index < -0.39 is 15.6 Å². The predicted octanol–water partition coefficient (Wildman–Crippen LogP) is 2.55. The molecule has 9 heteroatoms. The van der Waals surface area contributed by atoms with Gasteiger partial charge in [0.1, 0.15) is 0 Å².